The number of aliphatic carboxylic acids is 1. The van der Waals surface area contributed by atoms with Crippen molar-refractivity contribution in [2.75, 3.05) is 60.1 Å². The SMILES string of the molecule is CCN1CCN(c2cc(C)c(Nc3ncc(C#N)c(NC4CCCCC4)n3)c(NCC(C)(C)C(=O)O)c2)CC1. The highest BCUT2D eigenvalue weighted by atomic mass is 16.4. The molecule has 0 atom stereocenters. The summed E-state index contributed by atoms with van der Waals surface area (Å²) in [6, 6.07) is 6.75. The quantitative estimate of drug-likeness (QED) is 0.337. The smallest absolute Gasteiger partial charge is 0.310 e. The second-order valence-corrected chi connectivity index (χ2v) is 11.3. The van der Waals surface area contributed by atoms with Gasteiger partial charge in [0.25, 0.3) is 0 Å². The van der Waals surface area contributed by atoms with Gasteiger partial charge in [0.15, 0.2) is 0 Å². The normalized spacial score (nSPS) is 16.9. The summed E-state index contributed by atoms with van der Waals surface area (Å²) >= 11 is 0. The van der Waals surface area contributed by atoms with Crippen molar-refractivity contribution >= 4 is 34.8 Å². The minimum Gasteiger partial charge on any atom is -0.481 e. The van der Waals surface area contributed by atoms with Gasteiger partial charge in [-0.3, -0.25) is 4.79 Å². The van der Waals surface area contributed by atoms with Crippen molar-refractivity contribution < 1.29 is 9.90 Å². The molecule has 2 aliphatic rings. The first-order valence-electron chi connectivity index (χ1n) is 14.1. The lowest BCUT2D eigenvalue weighted by Gasteiger charge is -2.36. The van der Waals surface area contributed by atoms with E-state index >= 15 is 0 Å². The van der Waals surface area contributed by atoms with Crippen LogP contribution in [0.3, 0.4) is 0 Å². The fourth-order valence-corrected chi connectivity index (χ4v) is 5.16. The fraction of sp³-hybridized carbons (Fsp3) is 0.586. The van der Waals surface area contributed by atoms with Crippen LogP contribution in [0.1, 0.15) is 64.0 Å². The summed E-state index contributed by atoms with van der Waals surface area (Å²) < 4.78 is 0. The van der Waals surface area contributed by atoms with Crippen molar-refractivity contribution in [1.82, 2.24) is 14.9 Å². The van der Waals surface area contributed by atoms with Gasteiger partial charge in [0, 0.05) is 44.5 Å². The van der Waals surface area contributed by atoms with E-state index in [2.05, 4.69) is 60.8 Å². The van der Waals surface area contributed by atoms with Crippen molar-refractivity contribution in [2.45, 2.75) is 65.8 Å². The van der Waals surface area contributed by atoms with Crippen LogP contribution in [0.25, 0.3) is 0 Å². The molecule has 1 saturated heterocycles. The van der Waals surface area contributed by atoms with Gasteiger partial charge in [-0.1, -0.05) is 26.2 Å². The average molecular weight is 535 g/mol. The molecule has 2 heterocycles. The Kier molecular flexibility index (Phi) is 9.12. The van der Waals surface area contributed by atoms with Crippen LogP contribution >= 0.6 is 0 Å². The Morgan fingerprint density at radius 2 is 1.90 bits per heavy atom. The van der Waals surface area contributed by atoms with Crippen LogP contribution in [0.2, 0.25) is 0 Å². The van der Waals surface area contributed by atoms with Gasteiger partial charge in [0.05, 0.1) is 23.0 Å². The van der Waals surface area contributed by atoms with Crippen molar-refractivity contribution in [3.63, 3.8) is 0 Å². The number of likely N-dealkylation sites (N-methyl/N-ethyl adjacent to an activating group) is 1. The van der Waals surface area contributed by atoms with Crippen molar-refractivity contribution in [3.05, 3.63) is 29.5 Å². The number of hydrogen-bond acceptors (Lipinski definition) is 9. The third-order valence-electron chi connectivity index (χ3n) is 7.90. The first kappa shape index (κ1) is 28.4. The number of carboxylic acid groups (broad SMARTS) is 1. The van der Waals surface area contributed by atoms with E-state index in [0.29, 0.717) is 23.4 Å². The van der Waals surface area contributed by atoms with Crippen molar-refractivity contribution in [2.24, 2.45) is 5.41 Å². The topological polar surface area (TPSA) is 129 Å². The number of carboxylic acids is 1. The Bertz CT molecular complexity index is 1190. The highest BCUT2D eigenvalue weighted by molar-refractivity contribution is 5.81. The summed E-state index contributed by atoms with van der Waals surface area (Å²) in [5.74, 6) is 0.0775. The Morgan fingerprint density at radius 3 is 2.54 bits per heavy atom. The van der Waals surface area contributed by atoms with Crippen LogP contribution < -0.4 is 20.9 Å². The number of nitriles is 1. The van der Waals surface area contributed by atoms with Gasteiger partial charge in [-0.2, -0.15) is 10.2 Å². The summed E-state index contributed by atoms with van der Waals surface area (Å²) in [6.45, 7) is 12.9. The summed E-state index contributed by atoms with van der Waals surface area (Å²) in [6.07, 6.45) is 7.29. The van der Waals surface area contributed by atoms with Gasteiger partial charge < -0.3 is 30.9 Å². The zero-order valence-electron chi connectivity index (χ0n) is 23.7. The van der Waals surface area contributed by atoms with E-state index in [1.54, 1.807) is 20.0 Å². The predicted octanol–water partition coefficient (Wildman–Crippen LogP) is 4.81. The molecular formula is C29H42N8O2. The maximum Gasteiger partial charge on any atom is 0.310 e. The third-order valence-corrected chi connectivity index (χ3v) is 7.90. The molecular weight excluding hydrogens is 492 g/mol. The minimum atomic E-state index is -0.948. The molecule has 10 nitrogen and oxygen atoms in total. The lowest BCUT2D eigenvalue weighted by Crippen LogP contribution is -2.46. The summed E-state index contributed by atoms with van der Waals surface area (Å²) in [7, 11) is 0. The molecule has 0 spiro atoms. The number of anilines is 5. The molecule has 0 radical (unpaired) electrons. The maximum absolute atomic E-state index is 11.8. The van der Waals surface area contributed by atoms with Crippen LogP contribution in [0.4, 0.5) is 28.8 Å². The summed E-state index contributed by atoms with van der Waals surface area (Å²) in [5.41, 5.74) is 3.16. The minimum absolute atomic E-state index is 0.256. The van der Waals surface area contributed by atoms with E-state index in [4.69, 9.17) is 0 Å². The molecule has 1 aliphatic carbocycles. The van der Waals surface area contributed by atoms with Crippen LogP contribution in [0, 0.1) is 23.7 Å². The first-order chi connectivity index (χ1) is 18.7. The number of hydrogen-bond donors (Lipinski definition) is 4. The summed E-state index contributed by atoms with van der Waals surface area (Å²) in [4.78, 5) is 25.7. The molecule has 0 bridgehead atoms. The highest BCUT2D eigenvalue weighted by Gasteiger charge is 2.28. The van der Waals surface area contributed by atoms with E-state index in [1.807, 2.05) is 6.92 Å². The summed E-state index contributed by atoms with van der Waals surface area (Å²) in [5, 5.41) is 29.6. The predicted molar refractivity (Wildman–Crippen MR) is 156 cm³/mol. The van der Waals surface area contributed by atoms with Gasteiger partial charge in [0.2, 0.25) is 5.95 Å². The molecule has 4 rings (SSSR count). The largest absolute Gasteiger partial charge is 0.481 e. The number of rotatable bonds is 10. The van der Waals surface area contributed by atoms with Crippen molar-refractivity contribution in [3.8, 4) is 6.07 Å². The monoisotopic (exact) mass is 534 g/mol. The van der Waals surface area contributed by atoms with Crippen molar-refractivity contribution in [1.29, 1.82) is 5.26 Å². The number of aryl methyl sites for hydroxylation is 1. The fourth-order valence-electron chi connectivity index (χ4n) is 5.16. The molecule has 0 amide bonds. The second-order valence-electron chi connectivity index (χ2n) is 11.3. The number of piperazine rings is 1. The van der Waals surface area contributed by atoms with Gasteiger partial charge >= 0.3 is 5.97 Å². The molecule has 10 heteroatoms. The Balaban J connectivity index is 1.63. The lowest BCUT2D eigenvalue weighted by molar-refractivity contribution is -0.146. The van der Waals surface area contributed by atoms with Gasteiger partial charge in [-0.15, -0.1) is 0 Å². The molecule has 1 aliphatic heterocycles. The van der Waals surface area contributed by atoms with Crippen LogP contribution in [-0.2, 0) is 4.79 Å². The lowest BCUT2D eigenvalue weighted by atomic mass is 9.93. The number of nitrogens with one attached hydrogen (secondary N) is 3. The Morgan fingerprint density at radius 1 is 1.18 bits per heavy atom. The van der Waals surface area contributed by atoms with Gasteiger partial charge in [-0.05, 0) is 57.9 Å². The van der Waals surface area contributed by atoms with E-state index in [-0.39, 0.29) is 6.54 Å². The molecule has 1 aromatic heterocycles. The molecule has 1 aromatic carbocycles. The van der Waals surface area contributed by atoms with Gasteiger partial charge in [0.1, 0.15) is 17.5 Å². The number of nitrogens with zero attached hydrogens (tertiary/aromatic N) is 5. The molecule has 39 heavy (non-hydrogen) atoms. The molecule has 2 fully saturated rings. The van der Waals surface area contributed by atoms with Crippen LogP contribution in [0.5, 0.6) is 0 Å². The van der Waals surface area contributed by atoms with E-state index in [0.717, 1.165) is 68.2 Å². The van der Waals surface area contributed by atoms with E-state index < -0.39 is 11.4 Å². The van der Waals surface area contributed by atoms with Crippen LogP contribution in [-0.4, -0.2) is 71.3 Å². The maximum atomic E-state index is 11.8. The van der Waals surface area contributed by atoms with E-state index in [9.17, 15) is 15.2 Å². The standard InChI is InChI=1S/C29H42N8O2/c1-5-36-11-13-37(14-12-36)23-15-20(2)25(24(16-23)32-19-29(3,4)27(38)39)34-28-31-18-21(17-30)26(35-28)33-22-9-7-6-8-10-22/h15-16,18,22,32H,5-14,19H2,1-4H3,(H,38,39)(H2,31,33,34,35). The van der Waals surface area contributed by atoms with Crippen LogP contribution in [0.15, 0.2) is 18.3 Å². The zero-order chi connectivity index (χ0) is 28.0. The molecule has 0 unspecified atom stereocenters. The number of benzene rings is 1. The Hall–Kier alpha value is -3.58. The van der Waals surface area contributed by atoms with Gasteiger partial charge in [-0.25, -0.2) is 4.98 Å². The molecule has 2 aromatic rings. The first-order valence-corrected chi connectivity index (χ1v) is 14.1. The zero-order valence-corrected chi connectivity index (χ0v) is 23.7. The number of aromatic nitrogens is 2. The highest BCUT2D eigenvalue weighted by Crippen LogP contribution is 2.35. The van der Waals surface area contributed by atoms with E-state index in [1.165, 1.54) is 19.3 Å². The Labute approximate surface area is 231 Å². The third kappa shape index (κ3) is 7.09. The average Bonchev–Trinajstić information content (AvgIpc) is 2.94. The molecule has 210 valence electrons. The number of carbonyl (C=O) groups is 1. The second kappa shape index (κ2) is 12.5. The molecule has 1 saturated carbocycles. The molecule has 4 N–H and O–H groups in total.